The van der Waals surface area contributed by atoms with E-state index in [0.29, 0.717) is 25.5 Å². The van der Waals surface area contributed by atoms with Gasteiger partial charge in [-0.15, -0.1) is 0 Å². The SMILES string of the molecule is OC1CN(C[C@H]2CCN(c3cccc(C(F)(F)F)n3)C2)CC(O)C1O. The maximum Gasteiger partial charge on any atom is 0.433 e. The predicted octanol–water partition coefficient (Wildman–Crippen LogP) is 0.325. The molecule has 2 aliphatic rings. The van der Waals surface area contributed by atoms with Crippen LogP contribution in [0, 0.1) is 5.92 Å². The van der Waals surface area contributed by atoms with E-state index < -0.39 is 30.2 Å². The van der Waals surface area contributed by atoms with Crippen molar-refractivity contribution < 1.29 is 28.5 Å². The van der Waals surface area contributed by atoms with Gasteiger partial charge >= 0.3 is 6.18 Å². The zero-order valence-corrected chi connectivity index (χ0v) is 13.6. The molecular weight excluding hydrogens is 339 g/mol. The van der Waals surface area contributed by atoms with E-state index in [9.17, 15) is 28.5 Å². The summed E-state index contributed by atoms with van der Waals surface area (Å²) in [6.45, 7) is 2.34. The summed E-state index contributed by atoms with van der Waals surface area (Å²) in [5.41, 5.74) is -0.898. The van der Waals surface area contributed by atoms with Crippen LogP contribution in [0.5, 0.6) is 0 Å². The van der Waals surface area contributed by atoms with Crippen LogP contribution in [0.25, 0.3) is 0 Å². The minimum Gasteiger partial charge on any atom is -0.389 e. The fraction of sp³-hybridized carbons (Fsp3) is 0.688. The third-order valence-electron chi connectivity index (χ3n) is 4.83. The van der Waals surface area contributed by atoms with Crippen LogP contribution >= 0.6 is 0 Å². The number of aliphatic hydroxyl groups excluding tert-OH is 3. The summed E-state index contributed by atoms with van der Waals surface area (Å²) in [6.07, 6.45) is -6.79. The summed E-state index contributed by atoms with van der Waals surface area (Å²) in [5.74, 6) is 0.512. The lowest BCUT2D eigenvalue weighted by Gasteiger charge is -2.38. The number of aromatic nitrogens is 1. The number of likely N-dealkylation sites (tertiary alicyclic amines) is 1. The summed E-state index contributed by atoms with van der Waals surface area (Å²) in [4.78, 5) is 7.43. The first-order chi connectivity index (χ1) is 11.7. The van der Waals surface area contributed by atoms with E-state index in [-0.39, 0.29) is 19.0 Å². The van der Waals surface area contributed by atoms with Crippen LogP contribution < -0.4 is 4.90 Å². The molecule has 3 heterocycles. The molecule has 3 atom stereocenters. The molecule has 0 saturated carbocycles. The average Bonchev–Trinajstić information content (AvgIpc) is 3.00. The molecule has 25 heavy (non-hydrogen) atoms. The summed E-state index contributed by atoms with van der Waals surface area (Å²) in [7, 11) is 0. The normalized spacial score (nSPS) is 31.5. The van der Waals surface area contributed by atoms with Crippen molar-refractivity contribution in [2.75, 3.05) is 37.6 Å². The maximum atomic E-state index is 12.8. The number of β-amino-alcohol motifs (C(OH)–C–C–N with tert-alkyl or cyclic N) is 2. The molecule has 140 valence electrons. The second kappa shape index (κ2) is 7.06. The molecule has 2 unspecified atom stereocenters. The lowest BCUT2D eigenvalue weighted by atomic mass is 10.00. The topological polar surface area (TPSA) is 80.1 Å². The third-order valence-corrected chi connectivity index (χ3v) is 4.83. The predicted molar refractivity (Wildman–Crippen MR) is 84.0 cm³/mol. The average molecular weight is 361 g/mol. The van der Waals surface area contributed by atoms with Crippen molar-refractivity contribution in [2.24, 2.45) is 5.92 Å². The van der Waals surface area contributed by atoms with Gasteiger partial charge < -0.3 is 20.2 Å². The second-order valence-electron chi connectivity index (χ2n) is 6.82. The first kappa shape index (κ1) is 18.4. The summed E-state index contributed by atoms with van der Waals surface area (Å²) in [5, 5.41) is 29.1. The van der Waals surface area contributed by atoms with E-state index >= 15 is 0 Å². The van der Waals surface area contributed by atoms with Gasteiger partial charge in [-0.05, 0) is 24.5 Å². The van der Waals surface area contributed by atoms with Crippen LogP contribution in [-0.2, 0) is 6.18 Å². The molecule has 0 aromatic carbocycles. The molecule has 9 heteroatoms. The Kier molecular flexibility index (Phi) is 5.19. The van der Waals surface area contributed by atoms with Crippen molar-refractivity contribution in [3.63, 3.8) is 0 Å². The number of aliphatic hydroxyl groups is 3. The van der Waals surface area contributed by atoms with Gasteiger partial charge in [0.1, 0.15) is 17.6 Å². The van der Waals surface area contributed by atoms with Gasteiger partial charge in [0, 0.05) is 32.7 Å². The van der Waals surface area contributed by atoms with Crippen molar-refractivity contribution in [3.8, 4) is 0 Å². The van der Waals surface area contributed by atoms with Crippen LogP contribution in [0.2, 0.25) is 0 Å². The van der Waals surface area contributed by atoms with Gasteiger partial charge in [-0.2, -0.15) is 13.2 Å². The molecule has 3 N–H and O–H groups in total. The summed E-state index contributed by atoms with van der Waals surface area (Å²) >= 11 is 0. The molecule has 6 nitrogen and oxygen atoms in total. The number of nitrogens with zero attached hydrogens (tertiary/aromatic N) is 3. The Balaban J connectivity index is 1.59. The van der Waals surface area contributed by atoms with Crippen molar-refractivity contribution in [3.05, 3.63) is 23.9 Å². The number of halogens is 3. The highest BCUT2D eigenvalue weighted by Gasteiger charge is 2.36. The molecule has 1 aromatic heterocycles. The molecule has 2 aliphatic heterocycles. The monoisotopic (exact) mass is 361 g/mol. The lowest BCUT2D eigenvalue weighted by molar-refractivity contribution is -0.141. The summed E-state index contributed by atoms with van der Waals surface area (Å²) in [6, 6.07) is 3.89. The highest BCUT2D eigenvalue weighted by Crippen LogP contribution is 2.30. The zero-order valence-electron chi connectivity index (χ0n) is 13.6. The highest BCUT2D eigenvalue weighted by atomic mass is 19.4. The van der Waals surface area contributed by atoms with E-state index in [2.05, 4.69) is 4.98 Å². The minimum atomic E-state index is -4.46. The van der Waals surface area contributed by atoms with E-state index in [1.54, 1.807) is 6.07 Å². The highest BCUT2D eigenvalue weighted by molar-refractivity contribution is 5.41. The molecule has 0 aliphatic carbocycles. The van der Waals surface area contributed by atoms with Gasteiger partial charge in [-0.25, -0.2) is 4.98 Å². The molecule has 2 saturated heterocycles. The Labute approximate surface area is 143 Å². The van der Waals surface area contributed by atoms with Crippen LogP contribution in [-0.4, -0.2) is 76.2 Å². The molecule has 1 aromatic rings. The second-order valence-corrected chi connectivity index (χ2v) is 6.82. The van der Waals surface area contributed by atoms with Crippen molar-refractivity contribution in [1.82, 2.24) is 9.88 Å². The molecule has 0 spiro atoms. The number of pyridine rings is 1. The third kappa shape index (κ3) is 4.22. The fourth-order valence-corrected chi connectivity index (χ4v) is 3.54. The minimum absolute atomic E-state index is 0.200. The zero-order chi connectivity index (χ0) is 18.2. The van der Waals surface area contributed by atoms with E-state index in [0.717, 1.165) is 12.5 Å². The molecule has 2 fully saturated rings. The van der Waals surface area contributed by atoms with Crippen molar-refractivity contribution in [1.29, 1.82) is 0 Å². The first-order valence-corrected chi connectivity index (χ1v) is 8.30. The number of anilines is 1. The number of alkyl halides is 3. The van der Waals surface area contributed by atoms with E-state index in [1.165, 1.54) is 6.07 Å². The summed E-state index contributed by atoms with van der Waals surface area (Å²) < 4.78 is 38.4. The molecule has 3 rings (SSSR count). The first-order valence-electron chi connectivity index (χ1n) is 8.30. The van der Waals surface area contributed by atoms with Gasteiger partial charge in [0.25, 0.3) is 0 Å². The van der Waals surface area contributed by atoms with Crippen LogP contribution in [0.3, 0.4) is 0 Å². The quantitative estimate of drug-likeness (QED) is 0.720. The van der Waals surface area contributed by atoms with Gasteiger partial charge in [0.2, 0.25) is 0 Å². The van der Waals surface area contributed by atoms with Gasteiger partial charge in [-0.3, -0.25) is 4.90 Å². The van der Waals surface area contributed by atoms with E-state index in [1.807, 2.05) is 9.80 Å². The molecular formula is C16H22F3N3O3. The Hall–Kier alpha value is -1.42. The van der Waals surface area contributed by atoms with E-state index in [4.69, 9.17) is 0 Å². The molecule has 0 amide bonds. The van der Waals surface area contributed by atoms with Crippen molar-refractivity contribution in [2.45, 2.75) is 30.9 Å². The Bertz CT molecular complexity index is 589. The number of piperidine rings is 1. The van der Waals surface area contributed by atoms with Crippen molar-refractivity contribution >= 4 is 5.82 Å². The Morgan fingerprint density at radius 1 is 1.08 bits per heavy atom. The van der Waals surface area contributed by atoms with Crippen LogP contribution in [0.4, 0.5) is 19.0 Å². The standard InChI is InChI=1S/C16H22F3N3O3/c17-16(18,19)13-2-1-3-14(20-13)22-5-4-10(7-22)6-21-8-11(23)15(25)12(24)9-21/h1-3,10-12,15,23-25H,4-9H2/t10-,11?,12?,15?/m1/s1. The van der Waals surface area contributed by atoms with Crippen LogP contribution in [0.1, 0.15) is 12.1 Å². The lowest BCUT2D eigenvalue weighted by Crippen LogP contribution is -2.56. The smallest absolute Gasteiger partial charge is 0.389 e. The van der Waals surface area contributed by atoms with Gasteiger partial charge in [-0.1, -0.05) is 6.07 Å². The van der Waals surface area contributed by atoms with Gasteiger partial charge in [0.15, 0.2) is 0 Å². The largest absolute Gasteiger partial charge is 0.433 e. The number of rotatable bonds is 3. The number of hydrogen-bond donors (Lipinski definition) is 3. The Morgan fingerprint density at radius 2 is 1.76 bits per heavy atom. The van der Waals surface area contributed by atoms with Crippen LogP contribution in [0.15, 0.2) is 18.2 Å². The number of hydrogen-bond acceptors (Lipinski definition) is 6. The van der Waals surface area contributed by atoms with Gasteiger partial charge in [0.05, 0.1) is 12.2 Å². The fourth-order valence-electron chi connectivity index (χ4n) is 3.54. The molecule has 0 bridgehead atoms. The molecule has 0 radical (unpaired) electrons. The Morgan fingerprint density at radius 3 is 2.40 bits per heavy atom. The maximum absolute atomic E-state index is 12.8.